The Bertz CT molecular complexity index is 1510. The van der Waals surface area contributed by atoms with Crippen LogP contribution in [0.5, 0.6) is 0 Å². The minimum atomic E-state index is -2.76. The SMILES string of the molecule is Cc1c(F)cc(-c2cc(CN3CC(F)(F)C3)c3c(N)ncnn23)cc1C(=O)N[C@@H]1CN(C(=O)OC(C)(C)C)C[C@@H]1F. The van der Waals surface area contributed by atoms with Gasteiger partial charge < -0.3 is 20.7 Å². The second-order valence-electron chi connectivity index (χ2n) is 11.6. The molecule has 0 aliphatic carbocycles. The molecule has 3 N–H and O–H groups in total. The Morgan fingerprint density at radius 1 is 1.20 bits per heavy atom. The molecule has 220 valence electrons. The number of aromatic nitrogens is 3. The summed E-state index contributed by atoms with van der Waals surface area (Å²) < 4.78 is 63.6. The van der Waals surface area contributed by atoms with Crippen LogP contribution in [0.2, 0.25) is 0 Å². The number of hydrogen-bond donors (Lipinski definition) is 2. The molecule has 0 spiro atoms. The summed E-state index contributed by atoms with van der Waals surface area (Å²) in [6.07, 6.45) is -1.03. The average molecular weight is 578 g/mol. The number of nitrogens with zero attached hydrogens (tertiary/aromatic N) is 5. The first-order valence-corrected chi connectivity index (χ1v) is 13.1. The van der Waals surface area contributed by atoms with Crippen molar-refractivity contribution in [2.75, 3.05) is 31.9 Å². The maximum Gasteiger partial charge on any atom is 0.410 e. The summed E-state index contributed by atoms with van der Waals surface area (Å²) in [7, 11) is 0. The van der Waals surface area contributed by atoms with Gasteiger partial charge in [-0.15, -0.1) is 0 Å². The molecule has 41 heavy (non-hydrogen) atoms. The van der Waals surface area contributed by atoms with Gasteiger partial charge in [0.1, 0.15) is 29.4 Å². The lowest BCUT2D eigenvalue weighted by Crippen LogP contribution is -2.55. The summed E-state index contributed by atoms with van der Waals surface area (Å²) in [5.41, 5.74) is 6.91. The van der Waals surface area contributed by atoms with E-state index in [1.165, 1.54) is 39.7 Å². The monoisotopic (exact) mass is 577 g/mol. The minimum absolute atomic E-state index is 0.0381. The molecule has 14 heteroatoms. The molecule has 10 nitrogen and oxygen atoms in total. The quantitative estimate of drug-likeness (QED) is 0.446. The number of anilines is 1. The Labute approximate surface area is 233 Å². The van der Waals surface area contributed by atoms with E-state index in [2.05, 4.69) is 15.4 Å². The number of amides is 2. The fourth-order valence-electron chi connectivity index (χ4n) is 5.12. The van der Waals surface area contributed by atoms with Crippen LogP contribution in [0, 0.1) is 12.7 Å². The molecule has 2 aliphatic rings. The summed E-state index contributed by atoms with van der Waals surface area (Å²) in [5, 5.41) is 6.81. The van der Waals surface area contributed by atoms with Crippen molar-refractivity contribution in [3.8, 4) is 11.3 Å². The van der Waals surface area contributed by atoms with Crippen molar-refractivity contribution in [1.82, 2.24) is 29.7 Å². The summed E-state index contributed by atoms with van der Waals surface area (Å²) in [6, 6.07) is 3.30. The third-order valence-electron chi connectivity index (χ3n) is 7.07. The van der Waals surface area contributed by atoms with Crippen LogP contribution in [-0.4, -0.2) is 86.3 Å². The van der Waals surface area contributed by atoms with Crippen molar-refractivity contribution in [2.24, 2.45) is 0 Å². The van der Waals surface area contributed by atoms with Crippen molar-refractivity contribution < 1.29 is 31.9 Å². The minimum Gasteiger partial charge on any atom is -0.444 e. The van der Waals surface area contributed by atoms with E-state index in [0.717, 1.165) is 0 Å². The summed E-state index contributed by atoms with van der Waals surface area (Å²) in [5.74, 6) is -4.05. The fourth-order valence-corrected chi connectivity index (χ4v) is 5.12. The van der Waals surface area contributed by atoms with Crippen LogP contribution in [0.25, 0.3) is 16.8 Å². The molecular weight excluding hydrogens is 546 g/mol. The lowest BCUT2D eigenvalue weighted by atomic mass is 10.0. The number of rotatable bonds is 5. The van der Waals surface area contributed by atoms with Gasteiger partial charge in [0.15, 0.2) is 5.82 Å². The van der Waals surface area contributed by atoms with E-state index < -0.39 is 54.6 Å². The van der Waals surface area contributed by atoms with E-state index in [-0.39, 0.29) is 42.1 Å². The van der Waals surface area contributed by atoms with Crippen LogP contribution >= 0.6 is 0 Å². The largest absolute Gasteiger partial charge is 0.444 e. The van der Waals surface area contributed by atoms with Crippen LogP contribution in [0.15, 0.2) is 24.5 Å². The number of benzene rings is 1. The molecule has 5 rings (SSSR count). The average Bonchev–Trinajstić information content (AvgIpc) is 3.40. The maximum absolute atomic E-state index is 15.2. The Morgan fingerprint density at radius 2 is 1.90 bits per heavy atom. The number of carbonyl (C=O) groups excluding carboxylic acids is 2. The molecule has 2 aliphatic heterocycles. The zero-order valence-corrected chi connectivity index (χ0v) is 23.0. The topological polar surface area (TPSA) is 118 Å². The lowest BCUT2D eigenvalue weighted by molar-refractivity contribution is -0.133. The molecule has 0 unspecified atom stereocenters. The number of ether oxygens (including phenoxy) is 1. The van der Waals surface area contributed by atoms with Crippen LogP contribution in [0.1, 0.15) is 42.3 Å². The van der Waals surface area contributed by atoms with Crippen LogP contribution in [-0.2, 0) is 11.3 Å². The number of nitrogens with two attached hydrogens (primary N) is 1. The van der Waals surface area contributed by atoms with Crippen LogP contribution in [0.4, 0.5) is 28.2 Å². The molecule has 2 aromatic heterocycles. The van der Waals surface area contributed by atoms with Gasteiger partial charge in [0, 0.05) is 24.2 Å². The molecule has 3 aromatic rings. The van der Waals surface area contributed by atoms with Gasteiger partial charge in [0.25, 0.3) is 11.8 Å². The Hall–Kier alpha value is -3.94. The van der Waals surface area contributed by atoms with E-state index in [0.29, 0.717) is 16.8 Å². The zero-order chi connectivity index (χ0) is 29.9. The van der Waals surface area contributed by atoms with E-state index in [1.54, 1.807) is 26.8 Å². The van der Waals surface area contributed by atoms with E-state index in [1.807, 2.05) is 0 Å². The Kier molecular flexibility index (Phi) is 7.08. The molecule has 4 heterocycles. The van der Waals surface area contributed by atoms with E-state index in [4.69, 9.17) is 10.5 Å². The van der Waals surface area contributed by atoms with Gasteiger partial charge in [-0.05, 0) is 57.0 Å². The number of fused-ring (bicyclic) bond motifs is 1. The number of halogens is 4. The number of nitrogen functional groups attached to an aromatic ring is 1. The zero-order valence-electron chi connectivity index (χ0n) is 23.0. The van der Waals surface area contributed by atoms with Crippen LogP contribution in [0.3, 0.4) is 0 Å². The number of hydrogen-bond acceptors (Lipinski definition) is 7. The molecule has 0 saturated carbocycles. The molecule has 1 aromatic carbocycles. The van der Waals surface area contributed by atoms with Gasteiger partial charge in [-0.3, -0.25) is 9.69 Å². The molecular formula is C27H31F4N7O3. The van der Waals surface area contributed by atoms with Gasteiger partial charge in [-0.2, -0.15) is 5.10 Å². The van der Waals surface area contributed by atoms with Gasteiger partial charge in [-0.25, -0.2) is 31.9 Å². The number of likely N-dealkylation sites (tertiary alicyclic amines) is 2. The Morgan fingerprint density at radius 3 is 2.56 bits per heavy atom. The predicted molar refractivity (Wildman–Crippen MR) is 142 cm³/mol. The van der Waals surface area contributed by atoms with E-state index >= 15 is 4.39 Å². The molecule has 2 saturated heterocycles. The highest BCUT2D eigenvalue weighted by Crippen LogP contribution is 2.34. The van der Waals surface area contributed by atoms with E-state index in [9.17, 15) is 22.8 Å². The first kappa shape index (κ1) is 28.6. The maximum atomic E-state index is 15.2. The summed E-state index contributed by atoms with van der Waals surface area (Å²) >= 11 is 0. The third kappa shape index (κ3) is 5.78. The van der Waals surface area contributed by atoms with Crippen molar-refractivity contribution in [3.63, 3.8) is 0 Å². The van der Waals surface area contributed by atoms with Crippen molar-refractivity contribution in [1.29, 1.82) is 0 Å². The number of nitrogens with one attached hydrogen (secondary N) is 1. The predicted octanol–water partition coefficient (Wildman–Crippen LogP) is 3.56. The first-order valence-electron chi connectivity index (χ1n) is 13.1. The normalized spacial score (nSPS) is 20.7. The second kappa shape index (κ2) is 10.2. The number of alkyl halides is 3. The standard InChI is InChI=1S/C27H31F4N7O3/c1-14-17(24(39)35-20-10-37(9-19(20)29)25(40)41-26(2,3)4)5-15(6-18(14)28)21-7-16(8-36-11-27(30,31)12-36)22-23(32)33-13-34-38(21)22/h5-7,13,19-20H,8-12H2,1-4H3,(H,35,39)(H2,32,33,34)/t19-,20+/m0/s1. The second-order valence-corrected chi connectivity index (χ2v) is 11.6. The van der Waals surface area contributed by atoms with Gasteiger partial charge in [-0.1, -0.05) is 0 Å². The molecule has 2 amide bonds. The van der Waals surface area contributed by atoms with Gasteiger partial charge in [0.05, 0.1) is 31.4 Å². The van der Waals surface area contributed by atoms with Crippen molar-refractivity contribution in [2.45, 2.75) is 58.0 Å². The highest BCUT2D eigenvalue weighted by Gasteiger charge is 2.44. The molecule has 2 fully saturated rings. The lowest BCUT2D eigenvalue weighted by Gasteiger charge is -2.38. The molecule has 0 bridgehead atoms. The van der Waals surface area contributed by atoms with Crippen molar-refractivity contribution in [3.05, 3.63) is 47.0 Å². The Balaban J connectivity index is 1.42. The van der Waals surface area contributed by atoms with Gasteiger partial charge >= 0.3 is 6.09 Å². The highest BCUT2D eigenvalue weighted by atomic mass is 19.3. The molecule has 0 radical (unpaired) electrons. The molecule has 2 atom stereocenters. The first-order chi connectivity index (χ1) is 19.1. The summed E-state index contributed by atoms with van der Waals surface area (Å²) in [6.45, 7) is 5.48. The highest BCUT2D eigenvalue weighted by molar-refractivity contribution is 5.97. The smallest absolute Gasteiger partial charge is 0.410 e. The van der Waals surface area contributed by atoms with Crippen LogP contribution < -0.4 is 11.1 Å². The third-order valence-corrected chi connectivity index (χ3v) is 7.07. The fraction of sp³-hybridized carbons (Fsp3) is 0.481. The van der Waals surface area contributed by atoms with Crippen molar-refractivity contribution >= 4 is 23.3 Å². The summed E-state index contributed by atoms with van der Waals surface area (Å²) in [4.78, 5) is 32.4. The number of carbonyl (C=O) groups is 2. The van der Waals surface area contributed by atoms with Gasteiger partial charge in [0.2, 0.25) is 0 Å².